The minimum atomic E-state index is -0.695. The highest BCUT2D eigenvalue weighted by Gasteiger charge is 2.30. The molecule has 2 fully saturated rings. The van der Waals surface area contributed by atoms with Crippen molar-refractivity contribution in [3.63, 3.8) is 0 Å². The first-order valence-electron chi connectivity index (χ1n) is 13.9. The summed E-state index contributed by atoms with van der Waals surface area (Å²) in [6.45, 7) is 5.13. The molecular weight excluding hydrogens is 530 g/mol. The van der Waals surface area contributed by atoms with Crippen LogP contribution in [-0.4, -0.2) is 84.0 Å². The van der Waals surface area contributed by atoms with Crippen LogP contribution < -0.4 is 16.4 Å². The summed E-state index contributed by atoms with van der Waals surface area (Å²) in [6, 6.07) is 3.41. The van der Waals surface area contributed by atoms with Gasteiger partial charge in [-0.25, -0.2) is 18.7 Å². The number of aromatic nitrogens is 2. The van der Waals surface area contributed by atoms with Gasteiger partial charge in [0.2, 0.25) is 5.91 Å². The number of hydrogen-bond donors (Lipinski definition) is 4. The second-order valence-electron chi connectivity index (χ2n) is 10.8. The van der Waals surface area contributed by atoms with E-state index in [1.54, 1.807) is 0 Å². The maximum absolute atomic E-state index is 13.6. The number of amides is 1. The maximum Gasteiger partial charge on any atom is 0.234 e. The van der Waals surface area contributed by atoms with E-state index in [0.29, 0.717) is 30.9 Å². The van der Waals surface area contributed by atoms with Crippen molar-refractivity contribution in [1.82, 2.24) is 30.4 Å². The lowest BCUT2D eigenvalue weighted by Crippen LogP contribution is -2.46. The highest BCUT2D eigenvalue weighted by molar-refractivity contribution is 6.08. The molecule has 5 rings (SSSR count). The van der Waals surface area contributed by atoms with Crippen molar-refractivity contribution >= 4 is 17.6 Å². The predicted octanol–water partition coefficient (Wildman–Crippen LogP) is 2.17. The molecule has 1 aliphatic carbocycles. The summed E-state index contributed by atoms with van der Waals surface area (Å²) >= 11 is 0. The third-order valence-corrected chi connectivity index (χ3v) is 7.66. The number of halogens is 2. The summed E-state index contributed by atoms with van der Waals surface area (Å²) in [5.41, 5.74) is 8.65. The number of carbonyl (C=O) groups is 1. The van der Waals surface area contributed by atoms with Crippen molar-refractivity contribution < 1.29 is 18.3 Å². The van der Waals surface area contributed by atoms with Gasteiger partial charge in [-0.3, -0.25) is 10.2 Å². The number of rotatable bonds is 7. The van der Waals surface area contributed by atoms with Crippen LogP contribution in [0, 0.1) is 23.0 Å². The molecule has 1 unspecified atom stereocenters. The number of anilines is 1. The largest absolute Gasteiger partial charge is 0.385 e. The summed E-state index contributed by atoms with van der Waals surface area (Å²) in [5.74, 6) is -2.58. The van der Waals surface area contributed by atoms with Crippen LogP contribution in [0.15, 0.2) is 47.9 Å². The molecule has 3 heterocycles. The Kier molecular flexibility index (Phi) is 8.89. The van der Waals surface area contributed by atoms with E-state index in [1.807, 2.05) is 0 Å². The number of carbonyl (C=O) groups excluding carboxylic acids is 1. The lowest BCUT2D eigenvalue weighted by Gasteiger charge is -2.37. The molecule has 1 atom stereocenters. The second kappa shape index (κ2) is 12.7. The zero-order chi connectivity index (χ0) is 28.9. The maximum atomic E-state index is 13.6. The van der Waals surface area contributed by atoms with Crippen LogP contribution in [0.25, 0.3) is 0 Å². The molecule has 41 heavy (non-hydrogen) atoms. The van der Waals surface area contributed by atoms with E-state index >= 15 is 0 Å². The average molecular weight is 567 g/mol. The van der Waals surface area contributed by atoms with Gasteiger partial charge in [0.1, 0.15) is 17.3 Å². The second-order valence-corrected chi connectivity index (χ2v) is 10.8. The molecule has 1 amide bonds. The molecule has 0 bridgehead atoms. The number of allylic oxidation sites excluding steroid dienone is 2. The predicted molar refractivity (Wildman–Crippen MR) is 151 cm³/mol. The molecule has 0 spiro atoms. The Morgan fingerprint density at radius 1 is 1.15 bits per heavy atom. The first kappa shape index (κ1) is 28.6. The van der Waals surface area contributed by atoms with Gasteiger partial charge in [-0.2, -0.15) is 0 Å². The first-order chi connectivity index (χ1) is 19.7. The summed E-state index contributed by atoms with van der Waals surface area (Å²) in [6.07, 6.45) is 7.80. The number of amidine groups is 1. The van der Waals surface area contributed by atoms with Crippen LogP contribution >= 0.6 is 0 Å². The molecule has 2 aromatic rings. The van der Waals surface area contributed by atoms with Crippen LogP contribution in [0.2, 0.25) is 0 Å². The molecule has 10 nitrogen and oxygen atoms in total. The van der Waals surface area contributed by atoms with E-state index in [0.717, 1.165) is 56.5 Å². The molecule has 1 aromatic heterocycles. The zero-order valence-electron chi connectivity index (χ0n) is 23.1. The lowest BCUT2D eigenvalue weighted by atomic mass is 9.92. The van der Waals surface area contributed by atoms with E-state index < -0.39 is 17.6 Å². The van der Waals surface area contributed by atoms with Crippen LogP contribution in [0.5, 0.6) is 0 Å². The Bertz CT molecular complexity index is 1330. The molecule has 1 aromatic carbocycles. The lowest BCUT2D eigenvalue weighted by molar-refractivity contribution is -0.122. The SMILES string of the molecule is CN1CCN(C2=CCC(C(=O)NC(=N)c3nc(Cc4cc(F)cc(F)c4)cnc3N)C(NC3CCOCC3)=C2)CC1. The van der Waals surface area contributed by atoms with Gasteiger partial charge >= 0.3 is 0 Å². The van der Waals surface area contributed by atoms with E-state index in [9.17, 15) is 13.6 Å². The minimum Gasteiger partial charge on any atom is -0.385 e. The number of hydrogen-bond acceptors (Lipinski definition) is 9. The van der Waals surface area contributed by atoms with Gasteiger partial charge in [-0.1, -0.05) is 6.08 Å². The molecule has 0 radical (unpaired) electrons. The standard InChI is InChI=1S/C29H36F2N8O2/c1-38-6-8-39(9-7-38)23-2-3-24(25(16-23)35-21-4-10-41-11-5-21)29(40)37-28(33)26-27(32)34-17-22(36-26)14-18-12-19(30)15-20(31)13-18/h2,12-13,15-17,21,24,35H,3-11,14H2,1H3,(H2,32,34)(H2,33,37,40). The molecule has 3 aliphatic rings. The third kappa shape index (κ3) is 7.25. The van der Waals surface area contributed by atoms with Crippen LogP contribution in [0.3, 0.4) is 0 Å². The van der Waals surface area contributed by atoms with Crippen LogP contribution in [0.1, 0.15) is 36.2 Å². The summed E-state index contributed by atoms with van der Waals surface area (Å²) in [7, 11) is 2.12. The smallest absolute Gasteiger partial charge is 0.234 e. The molecule has 0 saturated carbocycles. The van der Waals surface area contributed by atoms with Crippen LogP contribution in [0.4, 0.5) is 14.6 Å². The summed E-state index contributed by atoms with van der Waals surface area (Å²) in [4.78, 5) is 26.7. The number of nitrogen functional groups attached to an aromatic ring is 1. The fraction of sp³-hybridized carbons (Fsp3) is 0.448. The van der Waals surface area contributed by atoms with Crippen LogP contribution in [-0.2, 0) is 16.0 Å². The average Bonchev–Trinajstić information content (AvgIpc) is 2.94. The summed E-state index contributed by atoms with van der Waals surface area (Å²) < 4.78 is 32.8. The molecule has 2 saturated heterocycles. The van der Waals surface area contributed by atoms with Crippen molar-refractivity contribution in [2.45, 2.75) is 31.7 Å². The molecule has 2 aliphatic heterocycles. The van der Waals surface area contributed by atoms with Gasteiger partial charge in [-0.05, 0) is 50.1 Å². The molecule has 12 heteroatoms. The Hall–Kier alpha value is -3.90. The van der Waals surface area contributed by atoms with Crippen molar-refractivity contribution in [3.8, 4) is 0 Å². The van der Waals surface area contributed by atoms with Gasteiger partial charge in [0.15, 0.2) is 11.7 Å². The van der Waals surface area contributed by atoms with Gasteiger partial charge in [0, 0.05) is 69.3 Å². The van der Waals surface area contributed by atoms with Crippen molar-refractivity contribution in [3.05, 3.63) is 76.5 Å². The number of piperazine rings is 1. The van der Waals surface area contributed by atoms with E-state index in [-0.39, 0.29) is 35.7 Å². The first-order valence-corrected chi connectivity index (χ1v) is 13.9. The molecule has 5 N–H and O–H groups in total. The number of ether oxygens (including phenoxy) is 1. The number of likely N-dealkylation sites (N-methyl/N-ethyl adjacent to an activating group) is 1. The Balaban J connectivity index is 1.30. The Morgan fingerprint density at radius 3 is 2.56 bits per heavy atom. The van der Waals surface area contributed by atoms with Gasteiger partial charge < -0.3 is 30.9 Å². The fourth-order valence-corrected chi connectivity index (χ4v) is 5.33. The monoisotopic (exact) mass is 566 g/mol. The van der Waals surface area contributed by atoms with Crippen molar-refractivity contribution in [1.29, 1.82) is 5.41 Å². The number of nitrogens with two attached hydrogens (primary N) is 1. The number of benzene rings is 1. The molecular formula is C29H36F2N8O2. The van der Waals surface area contributed by atoms with E-state index in [4.69, 9.17) is 15.9 Å². The van der Waals surface area contributed by atoms with Crippen molar-refractivity contribution in [2.75, 3.05) is 52.2 Å². The minimum absolute atomic E-state index is 0.000111. The van der Waals surface area contributed by atoms with E-state index in [1.165, 1.54) is 18.3 Å². The van der Waals surface area contributed by atoms with E-state index in [2.05, 4.69) is 49.6 Å². The highest BCUT2D eigenvalue weighted by atomic mass is 19.1. The number of nitrogens with one attached hydrogen (secondary N) is 3. The van der Waals surface area contributed by atoms with Gasteiger partial charge in [-0.15, -0.1) is 0 Å². The third-order valence-electron chi connectivity index (χ3n) is 7.66. The molecule has 218 valence electrons. The summed E-state index contributed by atoms with van der Waals surface area (Å²) in [5, 5.41) is 14.8. The fourth-order valence-electron chi connectivity index (χ4n) is 5.33. The Labute approximate surface area is 238 Å². The highest BCUT2D eigenvalue weighted by Crippen LogP contribution is 2.27. The Morgan fingerprint density at radius 2 is 1.85 bits per heavy atom. The topological polar surface area (TPSA) is 132 Å². The normalized spacial score (nSPS) is 20.3. The quantitative estimate of drug-likeness (QED) is 0.296. The zero-order valence-corrected chi connectivity index (χ0v) is 23.1. The van der Waals surface area contributed by atoms with Crippen molar-refractivity contribution in [2.24, 2.45) is 5.92 Å². The number of nitrogens with zero attached hydrogens (tertiary/aromatic N) is 4. The van der Waals surface area contributed by atoms with Gasteiger partial charge in [0.25, 0.3) is 0 Å². The van der Waals surface area contributed by atoms with Gasteiger partial charge in [0.05, 0.1) is 17.8 Å².